The maximum absolute atomic E-state index is 14.7. The number of hydrogen-bond acceptors (Lipinski definition) is 6. The Morgan fingerprint density at radius 2 is 0.724 bits per heavy atom. The highest BCUT2D eigenvalue weighted by molar-refractivity contribution is 9.10. The molecule has 58 heavy (non-hydrogen) atoms. The van der Waals surface area contributed by atoms with E-state index in [0.717, 1.165) is 55.5 Å². The average Bonchev–Trinajstić information content (AvgIpc) is 3.87. The highest BCUT2D eigenvalue weighted by atomic mass is 79.9. The Morgan fingerprint density at radius 3 is 1.02 bits per heavy atom. The first-order valence-corrected chi connectivity index (χ1v) is 26.0. The van der Waals surface area contributed by atoms with Crippen molar-refractivity contribution in [3.63, 3.8) is 0 Å². The molecular formula is C50H66Br2O4S2. The van der Waals surface area contributed by atoms with E-state index >= 15 is 0 Å². The van der Waals surface area contributed by atoms with Crippen molar-refractivity contribution in [2.24, 2.45) is 0 Å². The fraction of sp³-hybridized carbons (Fsp3) is 0.560. The van der Waals surface area contributed by atoms with Crippen LogP contribution >= 0.6 is 54.5 Å². The van der Waals surface area contributed by atoms with E-state index in [1.54, 1.807) is 22.7 Å². The van der Waals surface area contributed by atoms with Crippen LogP contribution in [-0.4, -0.2) is 24.8 Å². The molecule has 0 atom stereocenters. The van der Waals surface area contributed by atoms with E-state index in [2.05, 4.69) is 57.8 Å². The molecule has 0 fully saturated rings. The van der Waals surface area contributed by atoms with Crippen LogP contribution in [0.5, 0.6) is 11.5 Å². The molecule has 2 aromatic heterocycles. The lowest BCUT2D eigenvalue weighted by molar-refractivity contribution is 0.0972. The van der Waals surface area contributed by atoms with Gasteiger partial charge in [0, 0.05) is 51.7 Å². The Balaban J connectivity index is 1.25. The molecule has 1 aliphatic carbocycles. The lowest BCUT2D eigenvalue weighted by Crippen LogP contribution is -2.24. The van der Waals surface area contributed by atoms with Crippen molar-refractivity contribution < 1.29 is 19.1 Å². The fourth-order valence-corrected chi connectivity index (χ4v) is 11.0. The number of carbonyl (C=O) groups is 2. The van der Waals surface area contributed by atoms with Gasteiger partial charge in [0.2, 0.25) is 0 Å². The summed E-state index contributed by atoms with van der Waals surface area (Å²) in [7, 11) is 0. The number of thiophene rings is 2. The molecule has 4 aromatic rings. The second-order valence-electron chi connectivity index (χ2n) is 16.1. The van der Waals surface area contributed by atoms with Crippen molar-refractivity contribution in [2.45, 2.75) is 168 Å². The van der Waals surface area contributed by atoms with Crippen molar-refractivity contribution >= 4 is 66.1 Å². The predicted octanol–water partition coefficient (Wildman–Crippen LogP) is 17.6. The zero-order valence-electron chi connectivity index (χ0n) is 35.2. The van der Waals surface area contributed by atoms with E-state index in [-0.39, 0.29) is 11.6 Å². The molecule has 1 aliphatic rings. The van der Waals surface area contributed by atoms with Crippen LogP contribution in [0.1, 0.15) is 200 Å². The third kappa shape index (κ3) is 13.9. The van der Waals surface area contributed by atoms with Gasteiger partial charge in [-0.3, -0.25) is 9.59 Å². The molecule has 5 rings (SSSR count). The van der Waals surface area contributed by atoms with Crippen LogP contribution in [-0.2, 0) is 0 Å². The first-order valence-electron chi connectivity index (χ1n) is 22.6. The molecule has 2 heterocycles. The van der Waals surface area contributed by atoms with Gasteiger partial charge in [-0.2, -0.15) is 0 Å². The van der Waals surface area contributed by atoms with Crippen molar-refractivity contribution in [3.8, 4) is 32.4 Å². The van der Waals surface area contributed by atoms with E-state index in [0.29, 0.717) is 47.0 Å². The number of ether oxygens (including phenoxy) is 2. The van der Waals surface area contributed by atoms with Gasteiger partial charge < -0.3 is 9.47 Å². The maximum atomic E-state index is 14.7. The Hall–Kier alpha value is -2.26. The Bertz CT molecular complexity index is 1730. The maximum Gasteiger partial charge on any atom is 0.198 e. The summed E-state index contributed by atoms with van der Waals surface area (Å²) in [5, 5.41) is 4.08. The minimum atomic E-state index is -0.180. The van der Waals surface area contributed by atoms with E-state index in [4.69, 9.17) is 9.47 Å². The van der Waals surface area contributed by atoms with Gasteiger partial charge in [-0.05, 0) is 81.1 Å². The molecule has 0 radical (unpaired) electrons. The summed E-state index contributed by atoms with van der Waals surface area (Å²) >= 11 is 10.4. The van der Waals surface area contributed by atoms with Gasteiger partial charge >= 0.3 is 0 Å². The summed E-state index contributed by atoms with van der Waals surface area (Å²) in [6, 6.07) is 11.7. The molecule has 0 amide bonds. The molecular weight excluding hydrogens is 888 g/mol. The number of hydrogen-bond donors (Lipinski definition) is 0. The first-order chi connectivity index (χ1) is 28.4. The van der Waals surface area contributed by atoms with Crippen LogP contribution in [0.4, 0.5) is 0 Å². The lowest BCUT2D eigenvalue weighted by Gasteiger charge is -2.25. The van der Waals surface area contributed by atoms with Crippen molar-refractivity contribution in [1.82, 2.24) is 0 Å². The first kappa shape index (κ1) is 46.8. The topological polar surface area (TPSA) is 52.6 Å². The zero-order chi connectivity index (χ0) is 41.0. The van der Waals surface area contributed by atoms with E-state index in [1.165, 1.54) is 128 Å². The van der Waals surface area contributed by atoms with Gasteiger partial charge in [0.25, 0.3) is 0 Å². The quantitative estimate of drug-likeness (QED) is 0.0430. The molecule has 0 aliphatic heterocycles. The normalized spacial score (nSPS) is 12.3. The van der Waals surface area contributed by atoms with Crippen LogP contribution in [0.2, 0.25) is 0 Å². The molecule has 0 bridgehead atoms. The van der Waals surface area contributed by atoms with Crippen LogP contribution in [0, 0.1) is 0 Å². The Labute approximate surface area is 374 Å². The third-order valence-electron chi connectivity index (χ3n) is 11.4. The van der Waals surface area contributed by atoms with E-state index < -0.39 is 0 Å². The summed E-state index contributed by atoms with van der Waals surface area (Å²) in [6.45, 7) is 5.54. The molecule has 0 saturated heterocycles. The van der Waals surface area contributed by atoms with Crippen molar-refractivity contribution in [2.75, 3.05) is 13.2 Å². The van der Waals surface area contributed by atoms with E-state index in [9.17, 15) is 9.59 Å². The van der Waals surface area contributed by atoms with Crippen LogP contribution in [0.25, 0.3) is 20.9 Å². The zero-order valence-corrected chi connectivity index (χ0v) is 40.0. The number of rotatable bonds is 30. The van der Waals surface area contributed by atoms with Gasteiger partial charge in [-0.25, -0.2) is 0 Å². The molecule has 4 nitrogen and oxygen atoms in total. The second-order valence-corrected chi connectivity index (χ2v) is 19.8. The summed E-state index contributed by atoms with van der Waals surface area (Å²) < 4.78 is 15.1. The number of carbonyl (C=O) groups excluding carboxylic acids is 2. The lowest BCUT2D eigenvalue weighted by atomic mass is 9.81. The van der Waals surface area contributed by atoms with Gasteiger partial charge in [0.1, 0.15) is 11.5 Å². The highest BCUT2D eigenvalue weighted by Gasteiger charge is 2.37. The number of fused-ring (bicyclic) bond motifs is 2. The largest absolute Gasteiger partial charge is 0.492 e. The molecule has 0 N–H and O–H groups in total. The summed E-state index contributed by atoms with van der Waals surface area (Å²) in [4.78, 5) is 31.4. The van der Waals surface area contributed by atoms with Crippen LogP contribution in [0.15, 0.2) is 56.1 Å². The monoisotopic (exact) mass is 952 g/mol. The molecule has 0 unspecified atom stereocenters. The summed E-state index contributed by atoms with van der Waals surface area (Å²) in [6.07, 6.45) is 30.4. The number of unbranched alkanes of at least 4 members (excludes halogenated alkanes) is 22. The molecule has 0 saturated carbocycles. The standard InChI is InChI=1S/C50H66Br2O4S2/c1-3-5-7-9-11-13-15-17-19-21-23-25-31-55-49-39(43-33-37(51)35-57-43)27-29-41-45(49)47(53)42-30-28-40(44-34-38(52)36-58-44)50(46(42)48(41)54)56-32-26-24-22-20-18-16-14-12-10-8-6-4-2/h27-30,33-36H,3-26,31-32H2,1-2H3. The van der Waals surface area contributed by atoms with Gasteiger partial charge in [-0.15, -0.1) is 22.7 Å². The molecule has 2 aromatic carbocycles. The fourth-order valence-electron chi connectivity index (χ4n) is 8.10. The van der Waals surface area contributed by atoms with Gasteiger partial charge in [-0.1, -0.05) is 155 Å². The van der Waals surface area contributed by atoms with Crippen molar-refractivity contribution in [1.29, 1.82) is 0 Å². The second kappa shape index (κ2) is 26.2. The SMILES string of the molecule is CCCCCCCCCCCCCCOc1c(-c2cc(Br)cs2)ccc2c1C(=O)c1ccc(-c3cc(Br)cs3)c(OCCCCCCCCCCCCCC)c1C2=O. The van der Waals surface area contributed by atoms with E-state index in [1.807, 2.05) is 35.0 Å². The van der Waals surface area contributed by atoms with Gasteiger partial charge in [0.05, 0.1) is 24.3 Å². The summed E-state index contributed by atoms with van der Waals surface area (Å²) in [5.41, 5.74) is 3.22. The number of halogens is 2. The number of benzene rings is 2. The summed E-state index contributed by atoms with van der Waals surface area (Å²) in [5.74, 6) is 0.676. The van der Waals surface area contributed by atoms with Crippen LogP contribution < -0.4 is 9.47 Å². The third-order valence-corrected chi connectivity index (χ3v) is 14.9. The van der Waals surface area contributed by atoms with Gasteiger partial charge in [0.15, 0.2) is 11.6 Å². The molecule has 316 valence electrons. The predicted molar refractivity (Wildman–Crippen MR) is 255 cm³/mol. The number of ketones is 2. The van der Waals surface area contributed by atoms with Crippen LogP contribution in [0.3, 0.4) is 0 Å². The molecule has 0 spiro atoms. The molecule has 8 heteroatoms. The highest BCUT2D eigenvalue weighted by Crippen LogP contribution is 2.47. The Morgan fingerprint density at radius 1 is 0.431 bits per heavy atom. The minimum absolute atomic E-state index is 0.180. The smallest absolute Gasteiger partial charge is 0.198 e. The minimum Gasteiger partial charge on any atom is -0.492 e. The average molecular weight is 955 g/mol. The Kier molecular flexibility index (Phi) is 21.1. The van der Waals surface area contributed by atoms with Crippen molar-refractivity contribution in [3.05, 3.63) is 78.4 Å².